The average molecular weight is 1190 g/mol. The fourth-order valence-electron chi connectivity index (χ4n) is 13.0. The molecule has 6 aliphatic rings. The zero-order valence-electron chi connectivity index (χ0n) is 49.1. The van der Waals surface area contributed by atoms with Gasteiger partial charge in [0.2, 0.25) is 0 Å². The summed E-state index contributed by atoms with van der Waals surface area (Å²) in [5, 5.41) is 13.4. The number of rotatable bonds is 23. The minimum Gasteiger partial charge on any atom is -0.497 e. The molecule has 4 heterocycles. The number of fused-ring (bicyclic) bond motifs is 14. The van der Waals surface area contributed by atoms with Crippen molar-refractivity contribution in [1.82, 2.24) is 10.0 Å². The topological polar surface area (TPSA) is 210 Å². The van der Waals surface area contributed by atoms with Crippen LogP contribution in [0.4, 0.5) is 0 Å². The lowest BCUT2D eigenvalue weighted by Crippen LogP contribution is -2.50. The van der Waals surface area contributed by atoms with Gasteiger partial charge >= 0.3 is 23.9 Å². The second kappa shape index (κ2) is 24.7. The van der Waals surface area contributed by atoms with Gasteiger partial charge in [0, 0.05) is 12.2 Å². The van der Waals surface area contributed by atoms with E-state index in [9.17, 15) is 19.2 Å². The van der Waals surface area contributed by atoms with E-state index in [1.807, 2.05) is 97.1 Å². The molecule has 0 saturated carbocycles. The maximum atomic E-state index is 14.9. The molecule has 450 valence electrons. The number of nitrogens with zero attached hydrogens (tertiary/aromatic N) is 4. The van der Waals surface area contributed by atoms with Crippen LogP contribution in [0.1, 0.15) is 22.3 Å². The van der Waals surface area contributed by atoms with Gasteiger partial charge in [0.05, 0.1) is 91.1 Å². The van der Waals surface area contributed by atoms with E-state index in [0.717, 1.165) is 22.3 Å². The van der Waals surface area contributed by atoms with Gasteiger partial charge in [-0.3, -0.25) is 0 Å². The van der Waals surface area contributed by atoms with Crippen molar-refractivity contribution in [3.8, 4) is 45.3 Å². The van der Waals surface area contributed by atoms with Gasteiger partial charge in [-0.15, -0.1) is 0 Å². The molecule has 2 spiro atoms. The van der Waals surface area contributed by atoms with Gasteiger partial charge in [0.1, 0.15) is 84.5 Å². The number of allylic oxidation sites excluding steroid dienone is 2. The van der Waals surface area contributed by atoms with Crippen molar-refractivity contribution in [2.45, 2.75) is 22.9 Å². The number of carbonyl (C=O) groups excluding carboxylic acids is 4. The Hall–Kier alpha value is -10.2. The summed E-state index contributed by atoms with van der Waals surface area (Å²) >= 11 is 0. The quantitative estimate of drug-likeness (QED) is 0.0336. The Balaban J connectivity index is 0.989. The monoisotopic (exact) mass is 1190 g/mol. The predicted molar refractivity (Wildman–Crippen MR) is 320 cm³/mol. The number of ether oxygens (including phenoxy) is 12. The third kappa shape index (κ3) is 9.64. The molecule has 0 fully saturated rings. The molecule has 0 aromatic heterocycles. The number of hydrogen-bond acceptors (Lipinski definition) is 20. The molecule has 20 nitrogen and oxygen atoms in total. The molecule has 12 rings (SSSR count). The number of benzene rings is 6. The zero-order valence-corrected chi connectivity index (χ0v) is 49.1. The first-order valence-corrected chi connectivity index (χ1v) is 28.4. The largest absolute Gasteiger partial charge is 0.497 e. The zero-order chi connectivity index (χ0) is 61.1. The number of methoxy groups -OCH3 is 6. The number of hydrogen-bond donors (Lipinski definition) is 0. The molecule has 88 heavy (non-hydrogen) atoms. The second-order valence-corrected chi connectivity index (χ2v) is 20.7. The van der Waals surface area contributed by atoms with Crippen molar-refractivity contribution in [3.05, 3.63) is 214 Å². The van der Waals surface area contributed by atoms with Crippen LogP contribution in [0.3, 0.4) is 0 Å². The van der Waals surface area contributed by atoms with E-state index in [4.69, 9.17) is 67.0 Å². The minimum atomic E-state index is -1.51. The van der Waals surface area contributed by atoms with Gasteiger partial charge in [-0.1, -0.05) is 97.1 Å². The summed E-state index contributed by atoms with van der Waals surface area (Å²) in [6.07, 6.45) is 3.37. The normalized spacial score (nSPS) is 17.5. The summed E-state index contributed by atoms with van der Waals surface area (Å²) < 4.78 is 70.9. The molecular formula is C68H62N4O16. The van der Waals surface area contributed by atoms with Crippen molar-refractivity contribution in [3.63, 3.8) is 0 Å². The predicted octanol–water partition coefficient (Wildman–Crippen LogP) is 8.24. The van der Waals surface area contributed by atoms with Gasteiger partial charge in [0.15, 0.2) is 11.4 Å². The van der Waals surface area contributed by atoms with Crippen LogP contribution in [0.2, 0.25) is 0 Å². The fraction of sp³-hybridized carbons (Fsp3) is 0.265. The lowest BCUT2D eigenvalue weighted by Gasteiger charge is -2.41. The summed E-state index contributed by atoms with van der Waals surface area (Å²) in [5.41, 5.74) is 2.52. The molecule has 0 amide bonds. The third-order valence-corrected chi connectivity index (χ3v) is 16.4. The molecule has 0 bridgehead atoms. The Bertz CT molecular complexity index is 3580. The lowest BCUT2D eigenvalue weighted by molar-refractivity contribution is -0.140. The SMILES string of the molecule is COC(=O)C1=C(C(=O)OC)C2(c3ccccc3-c3ccccc32)C2C(OCCOCCOc3ccc(OC)cc3)=CC(C3=NN4C(C(=O)OC)=C(C(=O)OC)C5(c6ccccc6-c6ccccc65)C4C(OCCOCCOc4ccc(OC)cc4)=C3)=NN12. The minimum absolute atomic E-state index is 0.0401. The molecule has 0 saturated heterocycles. The fourth-order valence-corrected chi connectivity index (χ4v) is 13.0. The Morgan fingerprint density at radius 2 is 0.670 bits per heavy atom. The summed E-state index contributed by atoms with van der Waals surface area (Å²) in [4.78, 5) is 59.4. The van der Waals surface area contributed by atoms with Gasteiger partial charge in [0.25, 0.3) is 0 Å². The summed E-state index contributed by atoms with van der Waals surface area (Å²) in [6, 6.07) is 42.8. The first-order valence-electron chi connectivity index (χ1n) is 28.4. The highest BCUT2D eigenvalue weighted by Crippen LogP contribution is 2.64. The lowest BCUT2D eigenvalue weighted by atomic mass is 9.67. The summed E-state index contributed by atoms with van der Waals surface area (Å²) in [7, 11) is 8.12. The van der Waals surface area contributed by atoms with E-state index >= 15 is 0 Å². The van der Waals surface area contributed by atoms with E-state index in [0.29, 0.717) is 45.3 Å². The first-order chi connectivity index (χ1) is 43.1. The Labute approximate surface area is 507 Å². The molecule has 6 aromatic rings. The molecule has 4 aliphatic heterocycles. The van der Waals surface area contributed by atoms with Crippen molar-refractivity contribution >= 4 is 35.3 Å². The van der Waals surface area contributed by atoms with Crippen molar-refractivity contribution in [1.29, 1.82) is 0 Å². The van der Waals surface area contributed by atoms with Gasteiger partial charge in [-0.05, 0) is 93.0 Å². The van der Waals surface area contributed by atoms with Crippen LogP contribution in [0.25, 0.3) is 22.3 Å². The highest BCUT2D eigenvalue weighted by molar-refractivity contribution is 6.51. The van der Waals surface area contributed by atoms with Crippen LogP contribution in [0.5, 0.6) is 23.0 Å². The Morgan fingerprint density at radius 1 is 0.375 bits per heavy atom. The van der Waals surface area contributed by atoms with Crippen LogP contribution < -0.4 is 18.9 Å². The van der Waals surface area contributed by atoms with E-state index in [1.165, 1.54) is 38.5 Å². The van der Waals surface area contributed by atoms with Crippen molar-refractivity contribution in [2.75, 3.05) is 95.5 Å². The standard InChI is InChI=1S/C68H62N4O16/c1-77-41-23-27-43(28-24-41)85-35-31-83-33-37-87-55-39-53(69-71-59(65(75)81-5)57(63(73)79-3)67(61(55)71)49-19-11-7-15-45(49)46-16-8-12-20-50(46)67)54-40-56(88-38-34-84-32-36-86-44-29-25-42(78-2)26-30-44)62-68(58(64(74)80-4)60(66(76)82-6)72(62)70-54)51-21-13-9-17-47(51)48-18-10-14-22-52(48)68/h7-30,39-40,61-62H,31-38H2,1-6H3. The molecule has 2 unspecified atom stereocenters. The number of hydrazone groups is 2. The van der Waals surface area contributed by atoms with Crippen molar-refractivity contribution < 1.29 is 76.0 Å². The smallest absolute Gasteiger partial charge is 0.356 e. The van der Waals surface area contributed by atoms with Crippen LogP contribution in [-0.4, -0.2) is 153 Å². The highest BCUT2D eigenvalue weighted by Gasteiger charge is 2.68. The molecule has 6 aromatic carbocycles. The van der Waals surface area contributed by atoms with Crippen LogP contribution in [0, 0.1) is 0 Å². The number of esters is 4. The summed E-state index contributed by atoms with van der Waals surface area (Å²) in [6.45, 7) is 0.919. The maximum absolute atomic E-state index is 14.9. The highest BCUT2D eigenvalue weighted by atomic mass is 16.6. The van der Waals surface area contributed by atoms with Gasteiger partial charge in [-0.25, -0.2) is 29.2 Å². The molecule has 0 radical (unpaired) electrons. The molecule has 2 aliphatic carbocycles. The van der Waals surface area contributed by atoms with Crippen molar-refractivity contribution in [2.24, 2.45) is 10.2 Å². The van der Waals surface area contributed by atoms with E-state index in [-0.39, 0.29) is 98.3 Å². The first kappa shape index (κ1) is 58.2. The van der Waals surface area contributed by atoms with E-state index in [1.54, 1.807) is 74.9 Å². The average Bonchev–Trinajstić information content (AvgIpc) is 1.52. The van der Waals surface area contributed by atoms with E-state index < -0.39 is 46.8 Å². The number of carbonyl (C=O) groups is 4. The van der Waals surface area contributed by atoms with Gasteiger partial charge < -0.3 is 56.8 Å². The van der Waals surface area contributed by atoms with Crippen LogP contribution >= 0.6 is 0 Å². The Morgan fingerprint density at radius 3 is 0.977 bits per heavy atom. The molecule has 20 heteroatoms. The van der Waals surface area contributed by atoms with E-state index in [2.05, 4.69) is 0 Å². The van der Waals surface area contributed by atoms with Gasteiger partial charge in [-0.2, -0.15) is 10.2 Å². The molecular weight excluding hydrogens is 1130 g/mol. The summed E-state index contributed by atoms with van der Waals surface area (Å²) in [5.74, 6) is -0.297. The second-order valence-electron chi connectivity index (χ2n) is 20.7. The molecule has 2 atom stereocenters. The third-order valence-electron chi connectivity index (χ3n) is 16.4. The van der Waals surface area contributed by atoms with Crippen LogP contribution in [-0.2, 0) is 67.9 Å². The molecule has 0 N–H and O–H groups in total. The van der Waals surface area contributed by atoms with Crippen LogP contribution in [0.15, 0.2) is 202 Å². The Kier molecular flexibility index (Phi) is 16.3. The maximum Gasteiger partial charge on any atom is 0.356 e.